The van der Waals surface area contributed by atoms with E-state index in [2.05, 4.69) is 26.2 Å². The maximum Gasteiger partial charge on any atom is 0.169 e. The zero-order chi connectivity index (χ0) is 10.7. The van der Waals surface area contributed by atoms with E-state index in [-0.39, 0.29) is 6.04 Å². The molecule has 2 heterocycles. The van der Waals surface area contributed by atoms with Crippen LogP contribution in [0, 0.1) is 0 Å². The van der Waals surface area contributed by atoms with Crippen molar-refractivity contribution in [1.82, 2.24) is 10.3 Å². The lowest BCUT2D eigenvalue weighted by molar-refractivity contribution is 0.416. The van der Waals surface area contributed by atoms with E-state index in [4.69, 9.17) is 4.42 Å². The fourth-order valence-corrected chi connectivity index (χ4v) is 2.37. The van der Waals surface area contributed by atoms with Crippen LogP contribution in [-0.4, -0.2) is 12.0 Å². The summed E-state index contributed by atoms with van der Waals surface area (Å²) in [7, 11) is 1.93. The highest BCUT2D eigenvalue weighted by Crippen LogP contribution is 2.23. The molecule has 0 fully saturated rings. The molecule has 0 radical (unpaired) electrons. The third kappa shape index (κ3) is 2.68. The molecule has 1 N–H and O–H groups in total. The standard InChI is InChI=1S/C10H11BrN2OS/c1-12-7(6-10-13-4-5-15-10)8-2-3-9(11)14-8/h2-5,7,12H,6H2,1H3. The molecule has 0 saturated carbocycles. The number of furan rings is 1. The summed E-state index contributed by atoms with van der Waals surface area (Å²) in [6, 6.07) is 4.06. The maximum atomic E-state index is 5.52. The smallest absolute Gasteiger partial charge is 0.169 e. The Balaban J connectivity index is 2.11. The van der Waals surface area contributed by atoms with Crippen molar-refractivity contribution in [3.8, 4) is 0 Å². The lowest BCUT2D eigenvalue weighted by Crippen LogP contribution is -2.18. The summed E-state index contributed by atoms with van der Waals surface area (Å²) in [5, 5.41) is 6.32. The third-order valence-corrected chi connectivity index (χ3v) is 3.38. The predicted molar refractivity (Wildman–Crippen MR) is 64.0 cm³/mol. The highest BCUT2D eigenvalue weighted by Gasteiger charge is 2.15. The van der Waals surface area contributed by atoms with Crippen LogP contribution in [0.2, 0.25) is 0 Å². The second kappa shape index (κ2) is 4.92. The molecule has 80 valence electrons. The van der Waals surface area contributed by atoms with Crippen LogP contribution in [0.25, 0.3) is 0 Å². The number of nitrogens with zero attached hydrogens (tertiary/aromatic N) is 1. The van der Waals surface area contributed by atoms with Gasteiger partial charge in [-0.05, 0) is 35.1 Å². The van der Waals surface area contributed by atoms with Crippen LogP contribution >= 0.6 is 27.3 Å². The van der Waals surface area contributed by atoms with Gasteiger partial charge in [-0.15, -0.1) is 11.3 Å². The molecule has 0 aliphatic heterocycles. The summed E-state index contributed by atoms with van der Waals surface area (Å²) in [6.45, 7) is 0. The second-order valence-corrected chi connectivity index (χ2v) is 4.87. The third-order valence-electron chi connectivity index (χ3n) is 2.15. The van der Waals surface area contributed by atoms with Crippen molar-refractivity contribution in [3.05, 3.63) is 39.1 Å². The fourth-order valence-electron chi connectivity index (χ4n) is 1.39. The van der Waals surface area contributed by atoms with Crippen LogP contribution in [0.1, 0.15) is 16.8 Å². The first-order chi connectivity index (χ1) is 7.29. The summed E-state index contributed by atoms with van der Waals surface area (Å²) in [6.07, 6.45) is 2.68. The first-order valence-corrected chi connectivity index (χ1v) is 6.27. The van der Waals surface area contributed by atoms with E-state index in [0.717, 1.165) is 21.9 Å². The van der Waals surface area contributed by atoms with Gasteiger partial charge in [0.2, 0.25) is 0 Å². The number of thiazole rings is 1. The molecule has 0 aliphatic rings. The number of likely N-dealkylation sites (N-methyl/N-ethyl adjacent to an activating group) is 1. The number of hydrogen-bond acceptors (Lipinski definition) is 4. The molecule has 0 saturated heterocycles. The van der Waals surface area contributed by atoms with Crippen molar-refractivity contribution >= 4 is 27.3 Å². The van der Waals surface area contributed by atoms with Crippen molar-refractivity contribution < 1.29 is 4.42 Å². The molecular weight excluding hydrogens is 276 g/mol. The van der Waals surface area contributed by atoms with Gasteiger partial charge in [0.1, 0.15) is 5.76 Å². The topological polar surface area (TPSA) is 38.1 Å². The SMILES string of the molecule is CNC(Cc1nccs1)c1ccc(Br)o1. The van der Waals surface area contributed by atoms with Gasteiger partial charge in [0.15, 0.2) is 4.67 Å². The molecule has 0 spiro atoms. The Morgan fingerprint density at radius 2 is 2.47 bits per heavy atom. The predicted octanol–water partition coefficient (Wildman–Crippen LogP) is 3.00. The van der Waals surface area contributed by atoms with Crippen molar-refractivity contribution in [2.45, 2.75) is 12.5 Å². The highest BCUT2D eigenvalue weighted by atomic mass is 79.9. The molecule has 0 bridgehead atoms. The van der Waals surface area contributed by atoms with Gasteiger partial charge in [0, 0.05) is 18.0 Å². The van der Waals surface area contributed by atoms with Crippen molar-refractivity contribution in [2.24, 2.45) is 0 Å². The molecular formula is C10H11BrN2OS. The number of nitrogens with one attached hydrogen (secondary N) is 1. The number of hydrogen-bond donors (Lipinski definition) is 1. The second-order valence-electron chi connectivity index (χ2n) is 3.11. The maximum absolute atomic E-state index is 5.52. The zero-order valence-electron chi connectivity index (χ0n) is 8.24. The Morgan fingerprint density at radius 3 is 3.00 bits per heavy atom. The number of rotatable bonds is 4. The molecule has 0 aromatic carbocycles. The lowest BCUT2D eigenvalue weighted by Gasteiger charge is -2.11. The Bertz CT molecular complexity index is 413. The van der Waals surface area contributed by atoms with Crippen LogP contribution in [0.3, 0.4) is 0 Å². The van der Waals surface area contributed by atoms with Gasteiger partial charge < -0.3 is 9.73 Å². The van der Waals surface area contributed by atoms with Crippen LogP contribution < -0.4 is 5.32 Å². The summed E-state index contributed by atoms with van der Waals surface area (Å²) in [4.78, 5) is 4.26. The average Bonchev–Trinajstić information content (AvgIpc) is 2.85. The molecule has 5 heteroatoms. The Kier molecular flexibility index (Phi) is 3.56. The largest absolute Gasteiger partial charge is 0.453 e. The normalized spacial score (nSPS) is 12.9. The highest BCUT2D eigenvalue weighted by molar-refractivity contribution is 9.10. The van der Waals surface area contributed by atoms with Crippen LogP contribution in [0.4, 0.5) is 0 Å². The summed E-state index contributed by atoms with van der Waals surface area (Å²) < 4.78 is 6.28. The zero-order valence-corrected chi connectivity index (χ0v) is 10.6. The average molecular weight is 287 g/mol. The first kappa shape index (κ1) is 10.9. The van der Waals surface area contributed by atoms with E-state index in [1.165, 1.54) is 0 Å². The molecule has 0 aliphatic carbocycles. The quantitative estimate of drug-likeness (QED) is 0.939. The minimum atomic E-state index is 0.183. The van der Waals surface area contributed by atoms with Crippen molar-refractivity contribution in [2.75, 3.05) is 7.05 Å². The van der Waals surface area contributed by atoms with E-state index in [0.29, 0.717) is 0 Å². The Morgan fingerprint density at radius 1 is 1.60 bits per heavy atom. The Labute approximate surface area is 101 Å². The van der Waals surface area contributed by atoms with Gasteiger partial charge in [0.05, 0.1) is 11.0 Å². The van der Waals surface area contributed by atoms with Crippen LogP contribution in [0.5, 0.6) is 0 Å². The van der Waals surface area contributed by atoms with Gasteiger partial charge >= 0.3 is 0 Å². The van der Waals surface area contributed by atoms with Crippen LogP contribution in [0.15, 0.2) is 32.8 Å². The van der Waals surface area contributed by atoms with E-state index in [1.54, 1.807) is 11.3 Å². The van der Waals surface area contributed by atoms with E-state index in [1.807, 2.05) is 30.8 Å². The molecule has 3 nitrogen and oxygen atoms in total. The van der Waals surface area contributed by atoms with Gasteiger partial charge in [-0.1, -0.05) is 0 Å². The van der Waals surface area contributed by atoms with E-state index in [9.17, 15) is 0 Å². The van der Waals surface area contributed by atoms with Crippen molar-refractivity contribution in [1.29, 1.82) is 0 Å². The number of aromatic nitrogens is 1. The van der Waals surface area contributed by atoms with Crippen LogP contribution in [-0.2, 0) is 6.42 Å². The van der Waals surface area contributed by atoms with Gasteiger partial charge in [0.25, 0.3) is 0 Å². The fraction of sp³-hybridized carbons (Fsp3) is 0.300. The van der Waals surface area contributed by atoms with Gasteiger partial charge in [-0.25, -0.2) is 4.98 Å². The summed E-state index contributed by atoms with van der Waals surface area (Å²) >= 11 is 4.96. The number of halogens is 1. The van der Waals surface area contributed by atoms with Gasteiger partial charge in [-0.2, -0.15) is 0 Å². The minimum absolute atomic E-state index is 0.183. The minimum Gasteiger partial charge on any atom is -0.453 e. The molecule has 1 atom stereocenters. The summed E-state index contributed by atoms with van der Waals surface area (Å²) in [5.74, 6) is 0.930. The van der Waals surface area contributed by atoms with E-state index >= 15 is 0 Å². The molecule has 2 rings (SSSR count). The Hall–Kier alpha value is -0.650. The molecule has 0 amide bonds. The van der Waals surface area contributed by atoms with Crippen molar-refractivity contribution in [3.63, 3.8) is 0 Å². The van der Waals surface area contributed by atoms with E-state index < -0.39 is 0 Å². The molecule has 2 aromatic rings. The molecule has 1 unspecified atom stereocenters. The molecule has 15 heavy (non-hydrogen) atoms. The lowest BCUT2D eigenvalue weighted by atomic mass is 10.1. The monoisotopic (exact) mass is 286 g/mol. The first-order valence-electron chi connectivity index (χ1n) is 4.60. The molecule has 2 aromatic heterocycles. The summed E-state index contributed by atoms with van der Waals surface area (Å²) in [5.41, 5.74) is 0. The van der Waals surface area contributed by atoms with Gasteiger partial charge in [-0.3, -0.25) is 0 Å².